The van der Waals surface area contributed by atoms with E-state index in [0.29, 0.717) is 5.56 Å². The van der Waals surface area contributed by atoms with Crippen molar-refractivity contribution in [2.24, 2.45) is 5.92 Å². The van der Waals surface area contributed by atoms with Crippen molar-refractivity contribution < 1.29 is 14.4 Å². The van der Waals surface area contributed by atoms with Gasteiger partial charge in [-0.1, -0.05) is 49.6 Å². The van der Waals surface area contributed by atoms with Gasteiger partial charge in [0.2, 0.25) is 11.6 Å². The summed E-state index contributed by atoms with van der Waals surface area (Å²) in [5, 5.41) is 0. The standard InChI is InChI=1S/C15H16O3/c16-13(11-7-3-1-4-8-11)15(18)14(17)12-9-5-2-6-10-12/h1,3-4,7-8,12H,2,5-6,9-10H2. The van der Waals surface area contributed by atoms with Crippen molar-refractivity contribution in [3.05, 3.63) is 35.9 Å². The first-order valence-corrected chi connectivity index (χ1v) is 6.38. The first-order valence-electron chi connectivity index (χ1n) is 6.38. The molecule has 0 unspecified atom stereocenters. The number of Topliss-reactive ketones (excluding diaryl/α,β-unsaturated/α-hetero) is 3. The van der Waals surface area contributed by atoms with Gasteiger partial charge in [-0.3, -0.25) is 14.4 Å². The Balaban J connectivity index is 2.07. The van der Waals surface area contributed by atoms with Gasteiger partial charge in [0.25, 0.3) is 5.78 Å². The van der Waals surface area contributed by atoms with Crippen LogP contribution in [0.1, 0.15) is 42.5 Å². The van der Waals surface area contributed by atoms with Crippen LogP contribution in [-0.4, -0.2) is 17.3 Å². The highest BCUT2D eigenvalue weighted by Gasteiger charge is 2.31. The van der Waals surface area contributed by atoms with Crippen LogP contribution >= 0.6 is 0 Å². The van der Waals surface area contributed by atoms with E-state index in [0.717, 1.165) is 32.1 Å². The molecule has 0 heterocycles. The zero-order valence-corrected chi connectivity index (χ0v) is 10.2. The molecule has 0 aliphatic heterocycles. The first-order chi connectivity index (χ1) is 8.70. The van der Waals surface area contributed by atoms with Gasteiger partial charge in [-0.15, -0.1) is 0 Å². The monoisotopic (exact) mass is 244 g/mol. The summed E-state index contributed by atoms with van der Waals surface area (Å²) in [5.74, 6) is -2.26. The van der Waals surface area contributed by atoms with Gasteiger partial charge in [-0.25, -0.2) is 0 Å². The molecule has 0 N–H and O–H groups in total. The Morgan fingerprint density at radius 1 is 0.889 bits per heavy atom. The summed E-state index contributed by atoms with van der Waals surface area (Å²) >= 11 is 0. The van der Waals surface area contributed by atoms with Gasteiger partial charge in [0.05, 0.1) is 0 Å². The van der Waals surface area contributed by atoms with Crippen LogP contribution in [0, 0.1) is 5.92 Å². The van der Waals surface area contributed by atoms with Crippen molar-refractivity contribution in [3.8, 4) is 0 Å². The second-order valence-corrected chi connectivity index (χ2v) is 4.72. The summed E-state index contributed by atoms with van der Waals surface area (Å²) in [6.45, 7) is 0. The summed E-state index contributed by atoms with van der Waals surface area (Å²) in [6.07, 6.45) is 4.55. The predicted molar refractivity (Wildman–Crippen MR) is 67.4 cm³/mol. The van der Waals surface area contributed by atoms with Crippen LogP contribution in [0.3, 0.4) is 0 Å². The molecule has 18 heavy (non-hydrogen) atoms. The molecule has 1 aliphatic carbocycles. The topological polar surface area (TPSA) is 51.2 Å². The number of rotatable bonds is 4. The lowest BCUT2D eigenvalue weighted by atomic mass is 9.84. The lowest BCUT2D eigenvalue weighted by Crippen LogP contribution is -2.31. The Morgan fingerprint density at radius 3 is 2.11 bits per heavy atom. The lowest BCUT2D eigenvalue weighted by Gasteiger charge is -2.18. The first kappa shape index (κ1) is 12.7. The minimum Gasteiger partial charge on any atom is -0.290 e. The molecule has 0 saturated heterocycles. The predicted octanol–water partition coefficient (Wildman–Crippen LogP) is 2.59. The molecule has 1 saturated carbocycles. The second-order valence-electron chi connectivity index (χ2n) is 4.72. The smallest absolute Gasteiger partial charge is 0.269 e. The van der Waals surface area contributed by atoms with Gasteiger partial charge in [0.15, 0.2) is 0 Å². The van der Waals surface area contributed by atoms with Crippen molar-refractivity contribution in [2.75, 3.05) is 0 Å². The number of ketones is 3. The van der Waals surface area contributed by atoms with E-state index in [-0.39, 0.29) is 5.92 Å². The van der Waals surface area contributed by atoms with E-state index < -0.39 is 17.3 Å². The molecule has 3 heteroatoms. The Labute approximate surface area is 106 Å². The number of hydrogen-bond donors (Lipinski definition) is 0. The van der Waals surface area contributed by atoms with Crippen LogP contribution in [0.25, 0.3) is 0 Å². The molecule has 0 amide bonds. The second kappa shape index (κ2) is 5.71. The highest BCUT2D eigenvalue weighted by molar-refractivity contribution is 6.67. The molecule has 0 radical (unpaired) electrons. The van der Waals surface area contributed by atoms with Crippen molar-refractivity contribution >= 4 is 17.3 Å². The molecule has 3 nitrogen and oxygen atoms in total. The molecule has 1 fully saturated rings. The SMILES string of the molecule is O=C(C(=O)c1ccccc1)C(=O)C1CCCCC1. The zero-order chi connectivity index (χ0) is 13.0. The number of carbonyl (C=O) groups excluding carboxylic acids is 3. The van der Waals surface area contributed by atoms with Gasteiger partial charge in [0, 0.05) is 11.5 Å². The summed E-state index contributed by atoms with van der Waals surface area (Å²) in [4.78, 5) is 35.6. The lowest BCUT2D eigenvalue weighted by molar-refractivity contribution is -0.137. The Kier molecular flexibility index (Phi) is 4.03. The van der Waals surface area contributed by atoms with Crippen LogP contribution in [0.5, 0.6) is 0 Å². The molecular weight excluding hydrogens is 228 g/mol. The Morgan fingerprint density at radius 2 is 1.50 bits per heavy atom. The highest BCUT2D eigenvalue weighted by Crippen LogP contribution is 2.24. The van der Waals surface area contributed by atoms with Crippen molar-refractivity contribution in [1.82, 2.24) is 0 Å². The number of carbonyl (C=O) groups is 3. The molecule has 0 atom stereocenters. The maximum atomic E-state index is 11.9. The van der Waals surface area contributed by atoms with Crippen LogP contribution in [0.2, 0.25) is 0 Å². The van der Waals surface area contributed by atoms with E-state index in [9.17, 15) is 14.4 Å². The van der Waals surface area contributed by atoms with Gasteiger partial charge in [0.1, 0.15) is 0 Å². The number of hydrogen-bond acceptors (Lipinski definition) is 3. The van der Waals surface area contributed by atoms with E-state index in [1.54, 1.807) is 30.3 Å². The molecule has 0 bridgehead atoms. The van der Waals surface area contributed by atoms with E-state index in [4.69, 9.17) is 0 Å². The molecule has 94 valence electrons. The molecule has 0 spiro atoms. The quantitative estimate of drug-likeness (QED) is 0.464. The fourth-order valence-corrected chi connectivity index (χ4v) is 2.38. The molecule has 1 aromatic rings. The average molecular weight is 244 g/mol. The molecular formula is C15H16O3. The molecule has 0 aromatic heterocycles. The highest BCUT2D eigenvalue weighted by atomic mass is 16.2. The van der Waals surface area contributed by atoms with Crippen LogP contribution in [-0.2, 0) is 9.59 Å². The fraction of sp³-hybridized carbons (Fsp3) is 0.400. The summed E-state index contributed by atoms with van der Waals surface area (Å²) in [7, 11) is 0. The van der Waals surface area contributed by atoms with Gasteiger partial charge in [-0.2, -0.15) is 0 Å². The van der Waals surface area contributed by atoms with Crippen LogP contribution < -0.4 is 0 Å². The van der Waals surface area contributed by atoms with Crippen molar-refractivity contribution in [1.29, 1.82) is 0 Å². The average Bonchev–Trinajstić information content (AvgIpc) is 2.47. The summed E-state index contributed by atoms with van der Waals surface area (Å²) < 4.78 is 0. The summed E-state index contributed by atoms with van der Waals surface area (Å²) in [6, 6.07) is 8.27. The van der Waals surface area contributed by atoms with E-state index in [2.05, 4.69) is 0 Å². The molecule has 2 rings (SSSR count). The normalized spacial score (nSPS) is 16.2. The molecule has 1 aromatic carbocycles. The van der Waals surface area contributed by atoms with Gasteiger partial charge < -0.3 is 0 Å². The summed E-state index contributed by atoms with van der Waals surface area (Å²) in [5.41, 5.74) is 0.298. The Bertz CT molecular complexity index is 456. The molecule has 1 aliphatic rings. The van der Waals surface area contributed by atoms with Crippen molar-refractivity contribution in [2.45, 2.75) is 32.1 Å². The minimum atomic E-state index is -0.854. The minimum absolute atomic E-state index is 0.237. The van der Waals surface area contributed by atoms with E-state index in [1.807, 2.05) is 0 Å². The third-order valence-corrected chi connectivity index (χ3v) is 3.44. The van der Waals surface area contributed by atoms with Gasteiger partial charge >= 0.3 is 0 Å². The van der Waals surface area contributed by atoms with E-state index in [1.165, 1.54) is 0 Å². The fourth-order valence-electron chi connectivity index (χ4n) is 2.38. The van der Waals surface area contributed by atoms with E-state index >= 15 is 0 Å². The van der Waals surface area contributed by atoms with Crippen molar-refractivity contribution in [3.63, 3.8) is 0 Å². The third kappa shape index (κ3) is 2.73. The third-order valence-electron chi connectivity index (χ3n) is 3.44. The van der Waals surface area contributed by atoms with Gasteiger partial charge in [-0.05, 0) is 12.8 Å². The maximum absolute atomic E-state index is 11.9. The van der Waals surface area contributed by atoms with Crippen LogP contribution in [0.15, 0.2) is 30.3 Å². The maximum Gasteiger partial charge on any atom is 0.269 e. The largest absolute Gasteiger partial charge is 0.290 e. The van der Waals surface area contributed by atoms with Crippen LogP contribution in [0.4, 0.5) is 0 Å². The number of benzene rings is 1. The zero-order valence-electron chi connectivity index (χ0n) is 10.2. The Hall–Kier alpha value is -1.77.